The highest BCUT2D eigenvalue weighted by Gasteiger charge is 2.26. The summed E-state index contributed by atoms with van der Waals surface area (Å²) in [5, 5.41) is 13.4. The minimum Gasteiger partial charge on any atom is -0.478 e. The summed E-state index contributed by atoms with van der Waals surface area (Å²) in [5.41, 5.74) is 3.26. The summed E-state index contributed by atoms with van der Waals surface area (Å²) in [4.78, 5) is 37.5. The molecule has 0 spiro atoms. The molecule has 0 saturated carbocycles. The molecule has 7 heteroatoms. The maximum atomic E-state index is 12.8. The number of benzene rings is 1. The van der Waals surface area contributed by atoms with Crippen LogP contribution in [0.3, 0.4) is 0 Å². The fraction of sp³-hybridized carbons (Fsp3) is 0.429. The molecule has 28 heavy (non-hydrogen) atoms. The summed E-state index contributed by atoms with van der Waals surface area (Å²) >= 11 is 0. The number of hydrogen-bond donors (Lipinski definition) is 1. The molecular weight excluding hydrogens is 358 g/mol. The monoisotopic (exact) mass is 383 g/mol. The SMILES string of the molecule is CC(=O)c1c(C)nn(CC(=O)N2CCCC(c3ccc(C(=O)O)cc3)C2)c1C. The van der Waals surface area contributed by atoms with Gasteiger partial charge in [-0.15, -0.1) is 0 Å². The van der Waals surface area contributed by atoms with Crippen LogP contribution < -0.4 is 0 Å². The number of carbonyl (C=O) groups is 3. The van der Waals surface area contributed by atoms with Gasteiger partial charge in [-0.1, -0.05) is 12.1 Å². The van der Waals surface area contributed by atoms with Crippen molar-refractivity contribution in [3.05, 3.63) is 52.3 Å². The molecule has 2 heterocycles. The lowest BCUT2D eigenvalue weighted by Gasteiger charge is -2.33. The van der Waals surface area contributed by atoms with Gasteiger partial charge in [-0.2, -0.15) is 5.10 Å². The average molecular weight is 383 g/mol. The lowest BCUT2D eigenvalue weighted by Crippen LogP contribution is -2.41. The zero-order valence-electron chi connectivity index (χ0n) is 16.4. The second-order valence-corrected chi connectivity index (χ2v) is 7.37. The molecule has 1 unspecified atom stereocenters. The molecule has 1 aliphatic heterocycles. The van der Waals surface area contributed by atoms with Crippen molar-refractivity contribution in [2.24, 2.45) is 0 Å². The zero-order chi connectivity index (χ0) is 20.4. The number of amides is 1. The maximum absolute atomic E-state index is 12.8. The lowest BCUT2D eigenvalue weighted by molar-refractivity contribution is -0.133. The van der Waals surface area contributed by atoms with E-state index in [4.69, 9.17) is 5.11 Å². The van der Waals surface area contributed by atoms with E-state index in [-0.39, 0.29) is 29.7 Å². The molecule has 0 bridgehead atoms. The van der Waals surface area contributed by atoms with Gasteiger partial charge in [-0.05, 0) is 51.3 Å². The van der Waals surface area contributed by atoms with Crippen molar-refractivity contribution in [1.29, 1.82) is 0 Å². The predicted molar refractivity (Wildman–Crippen MR) is 104 cm³/mol. The Labute approximate surface area is 164 Å². The Morgan fingerprint density at radius 3 is 2.43 bits per heavy atom. The van der Waals surface area contributed by atoms with Crippen molar-refractivity contribution >= 4 is 17.7 Å². The van der Waals surface area contributed by atoms with Crippen LogP contribution >= 0.6 is 0 Å². The summed E-state index contributed by atoms with van der Waals surface area (Å²) in [5.74, 6) is -0.820. The quantitative estimate of drug-likeness (QED) is 0.802. The molecule has 148 valence electrons. The van der Waals surface area contributed by atoms with Crippen LogP contribution in [0.25, 0.3) is 0 Å². The molecule has 1 saturated heterocycles. The number of Topliss-reactive ketones (excluding diaryl/α,β-unsaturated/α-hetero) is 1. The van der Waals surface area contributed by atoms with E-state index in [9.17, 15) is 14.4 Å². The molecule has 0 aliphatic carbocycles. The molecule has 1 aromatic heterocycles. The van der Waals surface area contributed by atoms with Crippen LogP contribution in [0.15, 0.2) is 24.3 Å². The first kappa shape index (κ1) is 19.8. The van der Waals surface area contributed by atoms with Crippen molar-refractivity contribution in [1.82, 2.24) is 14.7 Å². The van der Waals surface area contributed by atoms with Crippen molar-refractivity contribution < 1.29 is 19.5 Å². The molecule has 1 N–H and O–H groups in total. The Bertz CT molecular complexity index is 914. The highest BCUT2D eigenvalue weighted by atomic mass is 16.4. The molecule has 1 amide bonds. The number of ketones is 1. The van der Waals surface area contributed by atoms with Gasteiger partial charge in [0.15, 0.2) is 5.78 Å². The molecule has 1 atom stereocenters. The van der Waals surface area contributed by atoms with Crippen LogP contribution in [0.5, 0.6) is 0 Å². The van der Waals surface area contributed by atoms with Gasteiger partial charge in [0, 0.05) is 24.7 Å². The number of rotatable bonds is 5. The van der Waals surface area contributed by atoms with Crippen molar-refractivity contribution in [3.8, 4) is 0 Å². The minimum absolute atomic E-state index is 0.0208. The summed E-state index contributed by atoms with van der Waals surface area (Å²) in [6.07, 6.45) is 1.86. The largest absolute Gasteiger partial charge is 0.478 e. The highest BCUT2D eigenvalue weighted by molar-refractivity contribution is 5.96. The number of carboxylic acid groups (broad SMARTS) is 1. The number of aryl methyl sites for hydroxylation is 1. The third kappa shape index (κ3) is 3.98. The third-order valence-electron chi connectivity index (χ3n) is 5.42. The van der Waals surface area contributed by atoms with E-state index >= 15 is 0 Å². The van der Waals surface area contributed by atoms with E-state index in [1.54, 1.807) is 23.7 Å². The normalized spacial score (nSPS) is 16.8. The first-order valence-corrected chi connectivity index (χ1v) is 9.44. The van der Waals surface area contributed by atoms with Gasteiger partial charge in [-0.3, -0.25) is 14.3 Å². The van der Waals surface area contributed by atoms with Gasteiger partial charge in [0.2, 0.25) is 5.91 Å². The fourth-order valence-corrected chi connectivity index (χ4v) is 3.96. The Kier molecular flexibility index (Phi) is 5.63. The average Bonchev–Trinajstić information content (AvgIpc) is 2.95. The van der Waals surface area contributed by atoms with E-state index < -0.39 is 5.97 Å². The molecule has 0 radical (unpaired) electrons. The number of aromatic nitrogens is 2. The van der Waals surface area contributed by atoms with Crippen LogP contribution in [0.4, 0.5) is 0 Å². The van der Waals surface area contributed by atoms with Gasteiger partial charge >= 0.3 is 5.97 Å². The van der Waals surface area contributed by atoms with E-state index in [0.717, 1.165) is 24.1 Å². The Morgan fingerprint density at radius 2 is 1.86 bits per heavy atom. The zero-order valence-corrected chi connectivity index (χ0v) is 16.4. The molecule has 1 fully saturated rings. The number of hydrogen-bond acceptors (Lipinski definition) is 4. The number of piperidine rings is 1. The topological polar surface area (TPSA) is 92.5 Å². The summed E-state index contributed by atoms with van der Waals surface area (Å²) in [7, 11) is 0. The number of nitrogens with zero attached hydrogens (tertiary/aromatic N) is 3. The number of carboxylic acids is 1. The van der Waals surface area contributed by atoms with Crippen LogP contribution in [-0.4, -0.2) is 50.5 Å². The summed E-state index contributed by atoms with van der Waals surface area (Å²) in [6.45, 7) is 6.51. The van der Waals surface area contributed by atoms with Gasteiger partial charge in [0.25, 0.3) is 0 Å². The first-order chi connectivity index (χ1) is 13.3. The van der Waals surface area contributed by atoms with Crippen molar-refractivity contribution in [3.63, 3.8) is 0 Å². The maximum Gasteiger partial charge on any atom is 0.335 e. The lowest BCUT2D eigenvalue weighted by atomic mass is 9.90. The van der Waals surface area contributed by atoms with Gasteiger partial charge in [0.1, 0.15) is 6.54 Å². The van der Waals surface area contributed by atoms with Crippen LogP contribution in [0.1, 0.15) is 63.4 Å². The second kappa shape index (κ2) is 7.96. The first-order valence-electron chi connectivity index (χ1n) is 9.44. The molecular formula is C21H25N3O4. The second-order valence-electron chi connectivity index (χ2n) is 7.37. The van der Waals surface area contributed by atoms with Crippen LogP contribution in [0, 0.1) is 13.8 Å². The van der Waals surface area contributed by atoms with Crippen LogP contribution in [-0.2, 0) is 11.3 Å². The Hall–Kier alpha value is -2.96. The van der Waals surface area contributed by atoms with E-state index in [1.165, 1.54) is 6.92 Å². The van der Waals surface area contributed by atoms with E-state index in [0.29, 0.717) is 24.3 Å². The third-order valence-corrected chi connectivity index (χ3v) is 5.42. The van der Waals surface area contributed by atoms with Gasteiger partial charge in [0.05, 0.1) is 16.8 Å². The number of aromatic carboxylic acids is 1. The molecule has 1 aromatic carbocycles. The standard InChI is InChI=1S/C21H25N3O4/c1-13-20(15(3)25)14(2)24(22-13)12-19(26)23-10-4-5-18(11-23)16-6-8-17(9-7-16)21(27)28/h6-9,18H,4-5,10-12H2,1-3H3,(H,27,28). The smallest absolute Gasteiger partial charge is 0.335 e. The summed E-state index contributed by atoms with van der Waals surface area (Å²) in [6, 6.07) is 6.89. The summed E-state index contributed by atoms with van der Waals surface area (Å²) < 4.78 is 1.61. The van der Waals surface area contributed by atoms with Gasteiger partial charge in [-0.25, -0.2) is 4.79 Å². The van der Waals surface area contributed by atoms with Crippen molar-refractivity contribution in [2.45, 2.75) is 46.1 Å². The number of carbonyl (C=O) groups excluding carboxylic acids is 2. The van der Waals surface area contributed by atoms with Gasteiger partial charge < -0.3 is 10.0 Å². The van der Waals surface area contributed by atoms with Crippen LogP contribution in [0.2, 0.25) is 0 Å². The number of likely N-dealkylation sites (tertiary alicyclic amines) is 1. The Balaban J connectivity index is 1.70. The van der Waals surface area contributed by atoms with E-state index in [2.05, 4.69) is 5.10 Å². The fourth-order valence-electron chi connectivity index (χ4n) is 3.96. The van der Waals surface area contributed by atoms with E-state index in [1.807, 2.05) is 24.0 Å². The molecule has 1 aliphatic rings. The molecule has 7 nitrogen and oxygen atoms in total. The molecule has 3 rings (SSSR count). The molecule has 2 aromatic rings. The Morgan fingerprint density at radius 1 is 1.18 bits per heavy atom. The minimum atomic E-state index is -0.943. The van der Waals surface area contributed by atoms with Crippen molar-refractivity contribution in [2.75, 3.05) is 13.1 Å². The highest BCUT2D eigenvalue weighted by Crippen LogP contribution is 2.27. The predicted octanol–water partition coefficient (Wildman–Crippen LogP) is 2.81.